The highest BCUT2D eigenvalue weighted by molar-refractivity contribution is 8.42. The van der Waals surface area contributed by atoms with Gasteiger partial charge in [-0.1, -0.05) is 35.3 Å². The first-order chi connectivity index (χ1) is 9.19. The second kappa shape index (κ2) is 7.30. The second-order valence-electron chi connectivity index (χ2n) is 2.96. The fourth-order valence-corrected chi connectivity index (χ4v) is 8.61. The Morgan fingerprint density at radius 2 is 1.68 bits per heavy atom. The Balaban J connectivity index is 2.11. The largest absolute Gasteiger partial charge is 0.389 e. The number of rotatable bonds is 4. The Labute approximate surface area is 136 Å². The monoisotopic (exact) mass is 367 g/mol. The molecule has 0 bridgehead atoms. The molecule has 0 aromatic rings. The molecule has 2 rings (SSSR count). The molecule has 0 aromatic carbocycles. The zero-order valence-corrected chi connectivity index (χ0v) is 14.8. The Morgan fingerprint density at radius 3 is 2.21 bits per heavy atom. The van der Waals surface area contributed by atoms with Crippen LogP contribution in [0.15, 0.2) is 32.2 Å². The van der Waals surface area contributed by atoms with Crippen molar-refractivity contribution in [3.63, 3.8) is 0 Å². The third-order valence-corrected chi connectivity index (χ3v) is 9.98. The minimum atomic E-state index is 0.643. The maximum Gasteiger partial charge on any atom is 0.198 e. The number of hydrogen-bond donors (Lipinski definition) is 2. The normalized spacial score (nSPS) is 19.3. The van der Waals surface area contributed by atoms with Crippen molar-refractivity contribution >= 4 is 70.6 Å². The van der Waals surface area contributed by atoms with E-state index in [0.717, 1.165) is 4.24 Å². The van der Waals surface area contributed by atoms with Gasteiger partial charge in [0.05, 0.1) is 16.9 Å². The van der Waals surface area contributed by atoms with Crippen LogP contribution in [0.3, 0.4) is 0 Å². The van der Waals surface area contributed by atoms with Crippen molar-refractivity contribution in [3.8, 4) is 0 Å². The van der Waals surface area contributed by atoms with E-state index in [9.17, 15) is 0 Å². The summed E-state index contributed by atoms with van der Waals surface area (Å²) < 4.78 is 5.04. The van der Waals surface area contributed by atoms with Gasteiger partial charge in [0.2, 0.25) is 0 Å². The Hall–Kier alpha value is 0.230. The topological polar surface area (TPSA) is 86.8 Å². The first-order valence-electron chi connectivity index (χ1n) is 4.77. The summed E-state index contributed by atoms with van der Waals surface area (Å²) in [6, 6.07) is 0. The third-order valence-electron chi connectivity index (χ3n) is 1.89. The van der Waals surface area contributed by atoms with E-state index in [1.807, 2.05) is 0 Å². The molecule has 0 atom stereocenters. The van der Waals surface area contributed by atoms with E-state index < -0.39 is 0 Å². The smallest absolute Gasteiger partial charge is 0.198 e. The van der Waals surface area contributed by atoms with Crippen LogP contribution in [0.4, 0.5) is 0 Å². The molecule has 0 spiro atoms. The lowest BCUT2D eigenvalue weighted by molar-refractivity contribution is 0.925. The first kappa shape index (κ1) is 15.6. The van der Waals surface area contributed by atoms with Gasteiger partial charge >= 0.3 is 0 Å². The van der Waals surface area contributed by atoms with Crippen LogP contribution in [0.25, 0.3) is 10.4 Å². The number of nitrogens with zero attached hydrogens (tertiary/aromatic N) is 3. The molecule has 3 N–H and O–H groups in total. The average molecular weight is 368 g/mol. The second-order valence-corrected chi connectivity index (χ2v) is 9.74. The van der Waals surface area contributed by atoms with Gasteiger partial charge in [-0.25, -0.2) is 5.43 Å². The van der Waals surface area contributed by atoms with Crippen molar-refractivity contribution in [2.75, 3.05) is 12.5 Å². The van der Waals surface area contributed by atoms with Crippen molar-refractivity contribution in [3.05, 3.63) is 37.4 Å². The molecule has 2 heterocycles. The fraction of sp³-hybridized carbons (Fsp3) is 0.250. The molecule has 102 valence electrons. The zero-order valence-electron chi connectivity index (χ0n) is 9.87. The third kappa shape index (κ3) is 3.66. The van der Waals surface area contributed by atoms with Gasteiger partial charge in [0, 0.05) is 0 Å². The fourth-order valence-electron chi connectivity index (χ4n) is 1.14. The van der Waals surface area contributed by atoms with Crippen molar-refractivity contribution in [2.24, 2.45) is 11.0 Å². The van der Waals surface area contributed by atoms with Gasteiger partial charge in [-0.3, -0.25) is 0 Å². The molecule has 0 amide bonds. The molecule has 0 radical (unpaired) electrons. The van der Waals surface area contributed by atoms with Gasteiger partial charge in [-0.05, 0) is 29.5 Å². The SMILES string of the molecule is CSC1=C(SC)SC(=C2SC(N)=C(NN=[N+]=[N-])S2)S1. The van der Waals surface area contributed by atoms with Gasteiger partial charge < -0.3 is 5.73 Å². The number of thioether (sulfide) groups is 6. The highest BCUT2D eigenvalue weighted by Gasteiger charge is 2.29. The lowest BCUT2D eigenvalue weighted by atomic mass is 10.9. The molecular weight excluding hydrogens is 359 g/mol. The summed E-state index contributed by atoms with van der Waals surface area (Å²) in [5, 5.41) is 4.68. The van der Waals surface area contributed by atoms with Crippen LogP contribution in [0, 0.1) is 0 Å². The molecule has 0 aromatic heterocycles. The minimum Gasteiger partial charge on any atom is -0.389 e. The number of nitrogens with one attached hydrogen (secondary N) is 1. The Bertz CT molecular complexity index is 514. The van der Waals surface area contributed by atoms with E-state index in [2.05, 4.69) is 28.1 Å². The van der Waals surface area contributed by atoms with Gasteiger partial charge in [0.15, 0.2) is 5.03 Å². The van der Waals surface area contributed by atoms with E-state index >= 15 is 0 Å². The molecule has 5 nitrogen and oxygen atoms in total. The van der Waals surface area contributed by atoms with Gasteiger partial charge in [-0.15, -0.1) is 29.1 Å². The maximum absolute atomic E-state index is 8.31. The van der Waals surface area contributed by atoms with Crippen LogP contribution in [-0.2, 0) is 0 Å². The quantitative estimate of drug-likeness (QED) is 0.316. The van der Waals surface area contributed by atoms with Crippen molar-refractivity contribution in [2.45, 2.75) is 0 Å². The van der Waals surface area contributed by atoms with Gasteiger partial charge in [-0.2, -0.15) is 4.91 Å². The highest BCUT2D eigenvalue weighted by Crippen LogP contribution is 2.62. The summed E-state index contributed by atoms with van der Waals surface area (Å²) in [7, 11) is 0. The Kier molecular flexibility index (Phi) is 6.00. The number of nitrogens with two attached hydrogens (primary N) is 1. The van der Waals surface area contributed by atoms with Crippen LogP contribution >= 0.6 is 70.6 Å². The summed E-state index contributed by atoms with van der Waals surface area (Å²) >= 11 is 10.1. The molecular formula is C8H9N5S6. The number of azide groups is 1. The van der Waals surface area contributed by atoms with Crippen molar-refractivity contribution in [1.82, 2.24) is 5.43 Å². The Morgan fingerprint density at radius 1 is 1.11 bits per heavy atom. The van der Waals surface area contributed by atoms with E-state index in [1.165, 1.54) is 36.2 Å². The van der Waals surface area contributed by atoms with Crippen LogP contribution in [0.2, 0.25) is 0 Å². The standard InChI is InChI=1S/C8H9N5S6/c1-14-5-6(15-2)19-8(18-5)7-16-3(9)4(17-7)11-13-12-10/h11H,9H2,1-2H3. The first-order valence-corrected chi connectivity index (χ1v) is 10.5. The predicted octanol–water partition coefficient (Wildman–Crippen LogP) is 4.83. The molecule has 0 saturated carbocycles. The summed E-state index contributed by atoms with van der Waals surface area (Å²) in [6.07, 6.45) is 4.17. The molecule has 0 aliphatic carbocycles. The van der Waals surface area contributed by atoms with E-state index in [4.69, 9.17) is 11.3 Å². The summed E-state index contributed by atoms with van der Waals surface area (Å²) in [5.74, 6) is 0. The molecule has 19 heavy (non-hydrogen) atoms. The van der Waals surface area contributed by atoms with Crippen molar-refractivity contribution < 1.29 is 0 Å². The van der Waals surface area contributed by atoms with Crippen LogP contribution in [0.1, 0.15) is 0 Å². The van der Waals surface area contributed by atoms with Crippen LogP contribution in [-0.4, -0.2) is 12.5 Å². The zero-order chi connectivity index (χ0) is 13.8. The summed E-state index contributed by atoms with van der Waals surface area (Å²) in [4.78, 5) is 2.67. The maximum atomic E-state index is 8.31. The van der Waals surface area contributed by atoms with E-state index in [-0.39, 0.29) is 0 Å². The van der Waals surface area contributed by atoms with E-state index in [1.54, 1.807) is 47.0 Å². The predicted molar refractivity (Wildman–Crippen MR) is 94.9 cm³/mol. The minimum absolute atomic E-state index is 0.643. The molecule has 11 heteroatoms. The van der Waals surface area contributed by atoms with E-state index in [0.29, 0.717) is 10.1 Å². The molecule has 2 aliphatic rings. The van der Waals surface area contributed by atoms with Gasteiger partial charge in [0.25, 0.3) is 0 Å². The lowest BCUT2D eigenvalue weighted by Crippen LogP contribution is -2.04. The molecule has 0 unspecified atom stereocenters. The molecule has 2 aliphatic heterocycles. The molecule has 0 saturated heterocycles. The highest BCUT2D eigenvalue weighted by atomic mass is 32.3. The molecule has 0 fully saturated rings. The van der Waals surface area contributed by atoms with Crippen LogP contribution < -0.4 is 11.2 Å². The average Bonchev–Trinajstić information content (AvgIpc) is 2.99. The van der Waals surface area contributed by atoms with Crippen molar-refractivity contribution in [1.29, 1.82) is 0 Å². The summed E-state index contributed by atoms with van der Waals surface area (Å²) in [6.45, 7) is 0. The van der Waals surface area contributed by atoms with Crippen LogP contribution in [0.5, 0.6) is 0 Å². The summed E-state index contributed by atoms with van der Waals surface area (Å²) in [5.41, 5.74) is 16.8. The lowest BCUT2D eigenvalue weighted by Gasteiger charge is -2.00. The van der Waals surface area contributed by atoms with Gasteiger partial charge in [0.1, 0.15) is 5.03 Å². The number of hydrogen-bond acceptors (Lipinski definition) is 8.